The van der Waals surface area contributed by atoms with Crippen molar-refractivity contribution in [1.29, 1.82) is 5.26 Å². The van der Waals surface area contributed by atoms with Crippen LogP contribution in [0.2, 0.25) is 10.0 Å². The summed E-state index contributed by atoms with van der Waals surface area (Å²) in [6, 6.07) is 17.1. The maximum absolute atomic E-state index is 12.3. The minimum absolute atomic E-state index is 0.293. The second-order valence-corrected chi connectivity index (χ2v) is 6.17. The number of amides is 1. The average Bonchev–Trinajstić information content (AvgIpc) is 2.65. The molecule has 1 amide bonds. The van der Waals surface area contributed by atoms with Gasteiger partial charge in [-0.2, -0.15) is 5.26 Å². The zero-order chi connectivity index (χ0) is 18.5. The second kappa shape index (κ2) is 7.87. The molecule has 0 aliphatic heterocycles. The van der Waals surface area contributed by atoms with Gasteiger partial charge in [-0.3, -0.25) is 4.79 Å². The number of hydrogen-bond acceptors (Lipinski definition) is 4. The van der Waals surface area contributed by atoms with Gasteiger partial charge in [-0.1, -0.05) is 23.2 Å². The normalized spacial score (nSPS) is 10.0. The van der Waals surface area contributed by atoms with Gasteiger partial charge in [0.25, 0.3) is 5.91 Å². The monoisotopic (exact) mass is 382 g/mol. The zero-order valence-corrected chi connectivity index (χ0v) is 14.8. The molecule has 26 heavy (non-hydrogen) atoms. The Hall–Kier alpha value is -3.07. The Kier molecular flexibility index (Phi) is 5.37. The third-order valence-electron chi connectivity index (χ3n) is 3.49. The lowest BCUT2D eigenvalue weighted by atomic mass is 10.2. The fourth-order valence-corrected chi connectivity index (χ4v) is 2.62. The van der Waals surface area contributed by atoms with E-state index in [-0.39, 0.29) is 5.91 Å². The van der Waals surface area contributed by atoms with Gasteiger partial charge in [0.2, 0.25) is 0 Å². The van der Waals surface area contributed by atoms with E-state index in [4.69, 9.17) is 28.5 Å². The lowest BCUT2D eigenvalue weighted by molar-refractivity contribution is 0.102. The summed E-state index contributed by atoms with van der Waals surface area (Å²) in [6.07, 6.45) is 1.46. The van der Waals surface area contributed by atoms with E-state index in [1.54, 1.807) is 54.6 Å². The van der Waals surface area contributed by atoms with E-state index in [0.29, 0.717) is 38.4 Å². The topological polar surface area (TPSA) is 77.8 Å². The van der Waals surface area contributed by atoms with Crippen molar-refractivity contribution in [3.8, 4) is 6.07 Å². The maximum Gasteiger partial charge on any atom is 0.257 e. The highest BCUT2D eigenvalue weighted by Gasteiger charge is 2.08. The molecule has 0 atom stereocenters. The number of nitriles is 1. The maximum atomic E-state index is 12.3. The van der Waals surface area contributed by atoms with E-state index in [1.165, 1.54) is 6.20 Å². The standard InChI is InChI=1S/C19H12Cl2N4O/c20-14-4-7-17(16(21)9-14)25-18-8-3-13(11-23-18)19(26)24-15-5-1-12(10-22)2-6-15/h1-9,11H,(H,23,25)(H,24,26). The third kappa shape index (κ3) is 4.31. The Balaban J connectivity index is 1.68. The van der Waals surface area contributed by atoms with E-state index < -0.39 is 0 Å². The minimum Gasteiger partial charge on any atom is -0.339 e. The summed E-state index contributed by atoms with van der Waals surface area (Å²) < 4.78 is 0. The Morgan fingerprint density at radius 2 is 1.81 bits per heavy atom. The molecule has 0 fully saturated rings. The smallest absolute Gasteiger partial charge is 0.257 e. The van der Waals surface area contributed by atoms with Gasteiger partial charge in [0, 0.05) is 16.9 Å². The first-order chi connectivity index (χ1) is 12.5. The SMILES string of the molecule is N#Cc1ccc(NC(=O)c2ccc(Nc3ccc(Cl)cc3Cl)nc2)cc1. The fraction of sp³-hybridized carbons (Fsp3) is 0. The molecular weight excluding hydrogens is 371 g/mol. The molecule has 0 bridgehead atoms. The van der Waals surface area contributed by atoms with Crippen LogP contribution in [-0.4, -0.2) is 10.9 Å². The lowest BCUT2D eigenvalue weighted by Gasteiger charge is -2.09. The molecule has 5 nitrogen and oxygen atoms in total. The number of anilines is 3. The zero-order valence-electron chi connectivity index (χ0n) is 13.3. The number of halogens is 2. The summed E-state index contributed by atoms with van der Waals surface area (Å²) in [7, 11) is 0. The lowest BCUT2D eigenvalue weighted by Crippen LogP contribution is -2.12. The summed E-state index contributed by atoms with van der Waals surface area (Å²) in [5.74, 6) is 0.252. The molecule has 0 aliphatic rings. The van der Waals surface area contributed by atoms with Crippen LogP contribution < -0.4 is 10.6 Å². The second-order valence-electron chi connectivity index (χ2n) is 5.32. The number of pyridine rings is 1. The predicted molar refractivity (Wildman–Crippen MR) is 103 cm³/mol. The number of benzene rings is 2. The number of nitrogens with zero attached hydrogens (tertiary/aromatic N) is 2. The van der Waals surface area contributed by atoms with E-state index >= 15 is 0 Å². The van der Waals surface area contributed by atoms with Crippen molar-refractivity contribution in [2.24, 2.45) is 0 Å². The van der Waals surface area contributed by atoms with Crippen LogP contribution in [0.5, 0.6) is 0 Å². The molecular formula is C19H12Cl2N4O. The molecule has 3 aromatic rings. The molecule has 0 saturated heterocycles. The number of carbonyl (C=O) groups excluding carboxylic acids is 1. The van der Waals surface area contributed by atoms with Crippen molar-refractivity contribution < 1.29 is 4.79 Å². The van der Waals surface area contributed by atoms with Crippen LogP contribution in [0.25, 0.3) is 0 Å². The number of aromatic nitrogens is 1. The van der Waals surface area contributed by atoms with Gasteiger partial charge in [0.1, 0.15) is 5.82 Å². The van der Waals surface area contributed by atoms with Crippen LogP contribution in [0, 0.1) is 11.3 Å². The van der Waals surface area contributed by atoms with Gasteiger partial charge in [-0.15, -0.1) is 0 Å². The molecule has 2 aromatic carbocycles. The summed E-state index contributed by atoms with van der Waals surface area (Å²) in [4.78, 5) is 16.5. The summed E-state index contributed by atoms with van der Waals surface area (Å²) >= 11 is 12.0. The molecule has 0 radical (unpaired) electrons. The largest absolute Gasteiger partial charge is 0.339 e. The Morgan fingerprint density at radius 3 is 2.42 bits per heavy atom. The highest BCUT2D eigenvalue weighted by molar-refractivity contribution is 6.36. The molecule has 7 heteroatoms. The quantitative estimate of drug-likeness (QED) is 0.645. The summed E-state index contributed by atoms with van der Waals surface area (Å²) in [6.45, 7) is 0. The van der Waals surface area contributed by atoms with Crippen LogP contribution in [0.4, 0.5) is 17.2 Å². The highest BCUT2D eigenvalue weighted by Crippen LogP contribution is 2.27. The molecule has 2 N–H and O–H groups in total. The summed E-state index contributed by atoms with van der Waals surface area (Å²) in [5.41, 5.74) is 2.20. The minimum atomic E-state index is -0.293. The van der Waals surface area contributed by atoms with E-state index in [9.17, 15) is 4.79 Å². The molecule has 0 aliphatic carbocycles. The number of rotatable bonds is 4. The van der Waals surface area contributed by atoms with Crippen molar-refractivity contribution in [2.75, 3.05) is 10.6 Å². The van der Waals surface area contributed by atoms with Crippen molar-refractivity contribution in [1.82, 2.24) is 4.98 Å². The van der Waals surface area contributed by atoms with Gasteiger partial charge in [-0.25, -0.2) is 4.98 Å². The van der Waals surface area contributed by atoms with Crippen molar-refractivity contribution in [2.45, 2.75) is 0 Å². The first-order valence-corrected chi connectivity index (χ1v) is 8.30. The highest BCUT2D eigenvalue weighted by atomic mass is 35.5. The van der Waals surface area contributed by atoms with Gasteiger partial charge in [0.15, 0.2) is 0 Å². The van der Waals surface area contributed by atoms with E-state index in [2.05, 4.69) is 15.6 Å². The third-order valence-corrected chi connectivity index (χ3v) is 4.04. The van der Waals surface area contributed by atoms with Crippen LogP contribution >= 0.6 is 23.2 Å². The molecule has 0 unspecified atom stereocenters. The van der Waals surface area contributed by atoms with Gasteiger partial charge in [0.05, 0.1) is 27.9 Å². The Bertz CT molecular complexity index is 980. The number of hydrogen-bond donors (Lipinski definition) is 2. The molecule has 3 rings (SSSR count). The van der Waals surface area contributed by atoms with Crippen LogP contribution in [0.15, 0.2) is 60.8 Å². The summed E-state index contributed by atoms with van der Waals surface area (Å²) in [5, 5.41) is 15.6. The number of carbonyl (C=O) groups is 1. The first-order valence-electron chi connectivity index (χ1n) is 7.55. The first kappa shape index (κ1) is 17.7. The van der Waals surface area contributed by atoms with Crippen LogP contribution in [-0.2, 0) is 0 Å². The predicted octanol–water partition coefficient (Wildman–Crippen LogP) is 5.26. The number of nitrogens with one attached hydrogen (secondary N) is 2. The van der Waals surface area contributed by atoms with Gasteiger partial charge < -0.3 is 10.6 Å². The van der Waals surface area contributed by atoms with Crippen molar-refractivity contribution >= 4 is 46.3 Å². The van der Waals surface area contributed by atoms with Crippen LogP contribution in [0.1, 0.15) is 15.9 Å². The molecule has 0 spiro atoms. The van der Waals surface area contributed by atoms with Crippen molar-refractivity contribution in [3.63, 3.8) is 0 Å². The molecule has 1 heterocycles. The Morgan fingerprint density at radius 1 is 1.04 bits per heavy atom. The van der Waals surface area contributed by atoms with Crippen molar-refractivity contribution in [3.05, 3.63) is 82.0 Å². The Labute approximate surface area is 160 Å². The average molecular weight is 383 g/mol. The van der Waals surface area contributed by atoms with Gasteiger partial charge >= 0.3 is 0 Å². The van der Waals surface area contributed by atoms with E-state index in [1.807, 2.05) is 6.07 Å². The molecule has 128 valence electrons. The molecule has 0 saturated carbocycles. The fourth-order valence-electron chi connectivity index (χ4n) is 2.16. The van der Waals surface area contributed by atoms with Gasteiger partial charge in [-0.05, 0) is 54.6 Å². The van der Waals surface area contributed by atoms with E-state index in [0.717, 1.165) is 0 Å². The van der Waals surface area contributed by atoms with Crippen LogP contribution in [0.3, 0.4) is 0 Å². The molecule has 1 aromatic heterocycles.